The first-order valence-electron chi connectivity index (χ1n) is 16.0. The highest BCUT2D eigenvalue weighted by Gasteiger charge is 2.19. The zero-order valence-electron chi connectivity index (χ0n) is 26.6. The Morgan fingerprint density at radius 1 is 0.717 bits per heavy atom. The van der Waals surface area contributed by atoms with Crippen LogP contribution in [0.1, 0.15) is 107 Å². The quantitative estimate of drug-likeness (QED) is 0.0619. The van der Waals surface area contributed by atoms with E-state index in [1.54, 1.807) is 19.1 Å². The molecule has 46 heavy (non-hydrogen) atoms. The summed E-state index contributed by atoms with van der Waals surface area (Å²) in [4.78, 5) is 70.2. The van der Waals surface area contributed by atoms with Crippen molar-refractivity contribution < 1.29 is 43.7 Å². The highest BCUT2D eigenvalue weighted by atomic mass is 125. The molecule has 0 aliphatic heterocycles. The summed E-state index contributed by atoms with van der Waals surface area (Å²) in [6, 6.07) is 5.95. The molecule has 0 saturated heterocycles. The molecule has 0 radical (unpaired) electrons. The summed E-state index contributed by atoms with van der Waals surface area (Å²) in [6.45, 7) is 2.91. The van der Waals surface area contributed by atoms with Crippen LogP contribution in [0, 0.1) is 3.57 Å². The van der Waals surface area contributed by atoms with Crippen LogP contribution in [-0.2, 0) is 23.9 Å². The maximum Gasteiger partial charge on any atom is 0.407 e. The number of carbonyl (C=O) groups is 6. The predicted octanol–water partition coefficient (Wildman–Crippen LogP) is 4.37. The monoisotopic (exact) mass is 758 g/mol. The van der Waals surface area contributed by atoms with E-state index in [2.05, 4.69) is 43.9 Å². The molecule has 6 N–H and O–H groups in total. The van der Waals surface area contributed by atoms with Gasteiger partial charge in [0.2, 0.25) is 11.8 Å². The first-order chi connectivity index (χ1) is 22.0. The topological polar surface area (TPSA) is 200 Å². The molecule has 1 rings (SSSR count). The summed E-state index contributed by atoms with van der Waals surface area (Å²) in [5.74, 6) is -2.53. The fourth-order valence-electron chi connectivity index (χ4n) is 4.37. The van der Waals surface area contributed by atoms with Crippen LogP contribution in [0.15, 0.2) is 24.3 Å². The maximum absolute atomic E-state index is 12.2. The van der Waals surface area contributed by atoms with Crippen LogP contribution in [0.2, 0.25) is 0 Å². The SMILES string of the molecule is C[C@H](CCC(=O)O)NC(=O)OCCCCCNC(=O)CCCCCCC(=O)NC(CCCCNC(=O)c1ccc([125I])cc1)C(=O)O. The number of unbranched alkanes of at least 4 members (excludes halogenated alkanes) is 6. The number of nitrogens with one attached hydrogen (secondary N) is 4. The number of amides is 4. The van der Waals surface area contributed by atoms with E-state index in [0.717, 1.165) is 29.3 Å². The Balaban J connectivity index is 2.02. The van der Waals surface area contributed by atoms with E-state index in [-0.39, 0.29) is 49.6 Å². The Kier molecular flexibility index (Phi) is 21.8. The number of hydrogen-bond donors (Lipinski definition) is 6. The zero-order chi connectivity index (χ0) is 34.2. The Morgan fingerprint density at radius 2 is 1.33 bits per heavy atom. The molecule has 0 bridgehead atoms. The van der Waals surface area contributed by atoms with Gasteiger partial charge in [-0.3, -0.25) is 19.2 Å². The maximum atomic E-state index is 12.2. The van der Waals surface area contributed by atoms with Crippen molar-refractivity contribution in [1.82, 2.24) is 21.3 Å². The third-order valence-corrected chi connectivity index (χ3v) is 7.75. The summed E-state index contributed by atoms with van der Waals surface area (Å²) in [5, 5.41) is 29.0. The lowest BCUT2D eigenvalue weighted by molar-refractivity contribution is -0.142. The molecule has 13 nitrogen and oxygen atoms in total. The van der Waals surface area contributed by atoms with Crippen LogP contribution >= 0.6 is 22.6 Å². The third kappa shape index (κ3) is 21.3. The summed E-state index contributed by atoms with van der Waals surface area (Å²) in [5.41, 5.74) is 0.569. The number of aliphatic carboxylic acids is 2. The van der Waals surface area contributed by atoms with Gasteiger partial charge in [-0.2, -0.15) is 0 Å². The number of hydrogen-bond acceptors (Lipinski definition) is 7. The van der Waals surface area contributed by atoms with E-state index in [9.17, 15) is 33.9 Å². The lowest BCUT2D eigenvalue weighted by atomic mass is 10.1. The second kappa shape index (κ2) is 24.8. The normalized spacial score (nSPS) is 12.0. The fourth-order valence-corrected chi connectivity index (χ4v) is 4.73. The number of rotatable bonds is 25. The van der Waals surface area contributed by atoms with E-state index < -0.39 is 24.1 Å². The van der Waals surface area contributed by atoms with E-state index >= 15 is 0 Å². The third-order valence-electron chi connectivity index (χ3n) is 7.03. The molecular formula is C32H49IN4O9. The Labute approximate surface area is 284 Å². The number of ether oxygens (including phenoxy) is 1. The van der Waals surface area contributed by atoms with Crippen LogP contribution in [0.25, 0.3) is 0 Å². The van der Waals surface area contributed by atoms with Gasteiger partial charge in [-0.05, 0) is 112 Å². The van der Waals surface area contributed by atoms with Gasteiger partial charge >= 0.3 is 18.0 Å². The van der Waals surface area contributed by atoms with Crippen molar-refractivity contribution in [1.29, 1.82) is 0 Å². The number of alkyl carbamates (subject to hydrolysis) is 1. The Bertz CT molecular complexity index is 1100. The minimum Gasteiger partial charge on any atom is -0.481 e. The number of halogens is 1. The minimum atomic E-state index is -1.08. The number of carboxylic acid groups (broad SMARTS) is 2. The molecule has 0 aromatic heterocycles. The lowest BCUT2D eigenvalue weighted by Crippen LogP contribution is -2.40. The second-order valence-corrected chi connectivity index (χ2v) is 12.4. The van der Waals surface area contributed by atoms with Crippen molar-refractivity contribution in [3.63, 3.8) is 0 Å². The van der Waals surface area contributed by atoms with Crippen molar-refractivity contribution in [2.24, 2.45) is 0 Å². The molecular weight excluding hydrogens is 709 g/mol. The van der Waals surface area contributed by atoms with Gasteiger partial charge in [-0.1, -0.05) is 12.8 Å². The largest absolute Gasteiger partial charge is 0.481 e. The van der Waals surface area contributed by atoms with Crippen molar-refractivity contribution in [2.75, 3.05) is 19.7 Å². The summed E-state index contributed by atoms with van der Waals surface area (Å²) >= 11 is 2.16. The first-order valence-corrected chi connectivity index (χ1v) is 17.0. The van der Waals surface area contributed by atoms with Crippen LogP contribution < -0.4 is 21.3 Å². The molecule has 14 heteroatoms. The van der Waals surface area contributed by atoms with Gasteiger partial charge in [-0.25, -0.2) is 9.59 Å². The number of carbonyl (C=O) groups excluding carboxylic acids is 4. The van der Waals surface area contributed by atoms with Crippen LogP contribution in [0.5, 0.6) is 0 Å². The van der Waals surface area contributed by atoms with Crippen LogP contribution in [-0.4, -0.2) is 77.7 Å². The predicted molar refractivity (Wildman–Crippen MR) is 180 cm³/mol. The zero-order valence-corrected chi connectivity index (χ0v) is 28.8. The first kappa shape index (κ1) is 40.6. The molecule has 0 aliphatic carbocycles. The highest BCUT2D eigenvalue weighted by molar-refractivity contribution is 14.1. The summed E-state index contributed by atoms with van der Waals surface area (Å²) in [7, 11) is 0. The fraction of sp³-hybridized carbons (Fsp3) is 0.625. The molecule has 2 atom stereocenters. The van der Waals surface area contributed by atoms with Gasteiger partial charge in [-0.15, -0.1) is 0 Å². The van der Waals surface area contributed by atoms with Crippen molar-refractivity contribution in [3.8, 4) is 0 Å². The van der Waals surface area contributed by atoms with Gasteiger partial charge in [0.1, 0.15) is 6.04 Å². The minimum absolute atomic E-state index is 0.0227. The van der Waals surface area contributed by atoms with Gasteiger partial charge in [0.05, 0.1) is 6.61 Å². The van der Waals surface area contributed by atoms with E-state index in [0.29, 0.717) is 63.6 Å². The van der Waals surface area contributed by atoms with E-state index in [1.165, 1.54) is 0 Å². The van der Waals surface area contributed by atoms with Gasteiger partial charge in [0.25, 0.3) is 5.91 Å². The van der Waals surface area contributed by atoms with Crippen LogP contribution in [0.3, 0.4) is 0 Å². The molecule has 1 unspecified atom stereocenters. The molecule has 1 aromatic carbocycles. The average Bonchev–Trinajstić information content (AvgIpc) is 3.00. The summed E-state index contributed by atoms with van der Waals surface area (Å²) < 4.78 is 6.11. The van der Waals surface area contributed by atoms with Crippen LogP contribution in [0.4, 0.5) is 4.79 Å². The molecule has 0 heterocycles. The van der Waals surface area contributed by atoms with Gasteiger partial charge in [0, 0.05) is 47.5 Å². The standard InChI is InChI=1S/C32H49IN4O9/c1-23(14-19-29(40)41)36-32(45)46-22-10-4-8-20-34-27(38)12-5-2-3-6-13-28(39)37-26(31(43)44)11-7-9-21-35-30(42)24-15-17-25(33)18-16-24/h15-18,23,26H,2-14,19-22H2,1H3,(H,34,38)(H,35,42)(H,36,45)(H,37,39)(H,40,41)(H,43,44)/t23-,26?/m1/s1/i33-2. The molecule has 0 saturated carbocycles. The highest BCUT2D eigenvalue weighted by Crippen LogP contribution is 2.09. The average molecular weight is 759 g/mol. The smallest absolute Gasteiger partial charge is 0.407 e. The molecule has 258 valence electrons. The molecule has 0 spiro atoms. The number of benzene rings is 1. The number of carboxylic acids is 2. The van der Waals surface area contributed by atoms with E-state index in [4.69, 9.17) is 9.84 Å². The Hall–Kier alpha value is -3.43. The summed E-state index contributed by atoms with van der Waals surface area (Å²) in [6.07, 6.45) is 6.78. The van der Waals surface area contributed by atoms with Crippen molar-refractivity contribution >= 4 is 58.3 Å². The lowest BCUT2D eigenvalue weighted by Gasteiger charge is -2.14. The van der Waals surface area contributed by atoms with E-state index in [1.807, 2.05) is 12.1 Å². The molecule has 0 fully saturated rings. The van der Waals surface area contributed by atoms with Gasteiger partial charge < -0.3 is 36.2 Å². The Morgan fingerprint density at radius 3 is 1.98 bits per heavy atom. The second-order valence-electron chi connectivity index (χ2n) is 11.2. The molecule has 1 aromatic rings. The molecule has 4 amide bonds. The van der Waals surface area contributed by atoms with Crippen molar-refractivity contribution in [3.05, 3.63) is 33.4 Å². The van der Waals surface area contributed by atoms with Crippen molar-refractivity contribution in [2.45, 2.75) is 109 Å². The van der Waals surface area contributed by atoms with Gasteiger partial charge in [0.15, 0.2) is 0 Å². The molecule has 0 aliphatic rings.